The van der Waals surface area contributed by atoms with Gasteiger partial charge in [-0.1, -0.05) is 12.8 Å². The van der Waals surface area contributed by atoms with Gasteiger partial charge in [-0.15, -0.1) is 0 Å². The van der Waals surface area contributed by atoms with Crippen molar-refractivity contribution in [3.8, 4) is 0 Å². The molecular formula is C15H16BrF2N3. The van der Waals surface area contributed by atoms with Crippen molar-refractivity contribution < 1.29 is 8.78 Å². The van der Waals surface area contributed by atoms with Gasteiger partial charge in [-0.2, -0.15) is 5.10 Å². The zero-order valence-corrected chi connectivity index (χ0v) is 13.0. The molecule has 1 fully saturated rings. The number of halogens is 3. The van der Waals surface area contributed by atoms with E-state index < -0.39 is 11.6 Å². The molecule has 0 atom stereocenters. The summed E-state index contributed by atoms with van der Waals surface area (Å²) in [5, 5.41) is 7.40. The van der Waals surface area contributed by atoms with Crippen LogP contribution in [0.5, 0.6) is 0 Å². The van der Waals surface area contributed by atoms with Crippen LogP contribution in [-0.4, -0.2) is 9.78 Å². The van der Waals surface area contributed by atoms with Crippen LogP contribution >= 0.6 is 15.9 Å². The van der Waals surface area contributed by atoms with E-state index in [9.17, 15) is 8.78 Å². The van der Waals surface area contributed by atoms with Gasteiger partial charge in [-0.05, 0) is 40.9 Å². The molecular weight excluding hydrogens is 340 g/mol. The van der Waals surface area contributed by atoms with Gasteiger partial charge in [0.1, 0.15) is 11.6 Å². The van der Waals surface area contributed by atoms with E-state index in [2.05, 4.69) is 26.3 Å². The molecule has 1 aromatic heterocycles. The standard InChI is InChI=1S/C15H16BrF2N3/c16-12-7-14(18)15(8-13(12)17)19-9-10-5-6-21(20-10)11-3-1-2-4-11/h5-8,11,19H,1-4,9H2. The lowest BCUT2D eigenvalue weighted by Crippen LogP contribution is -2.07. The van der Waals surface area contributed by atoms with Crippen molar-refractivity contribution in [2.75, 3.05) is 5.32 Å². The van der Waals surface area contributed by atoms with E-state index in [1.807, 2.05) is 16.9 Å². The summed E-state index contributed by atoms with van der Waals surface area (Å²) in [6.45, 7) is 0.373. The number of nitrogens with one attached hydrogen (secondary N) is 1. The van der Waals surface area contributed by atoms with Crippen molar-refractivity contribution in [3.05, 3.63) is 46.2 Å². The second kappa shape index (κ2) is 6.13. The maximum atomic E-state index is 13.7. The van der Waals surface area contributed by atoms with Crippen LogP contribution in [0.25, 0.3) is 0 Å². The van der Waals surface area contributed by atoms with Gasteiger partial charge in [-0.3, -0.25) is 4.68 Å². The largest absolute Gasteiger partial charge is 0.377 e. The SMILES string of the molecule is Fc1cc(NCc2ccn(C3CCCC3)n2)c(F)cc1Br. The van der Waals surface area contributed by atoms with Crippen molar-refractivity contribution in [2.45, 2.75) is 38.3 Å². The predicted octanol–water partition coefficient (Wildman–Crippen LogP) is 4.65. The summed E-state index contributed by atoms with van der Waals surface area (Å²) in [7, 11) is 0. The van der Waals surface area contributed by atoms with Crippen molar-refractivity contribution in [3.63, 3.8) is 0 Å². The zero-order valence-electron chi connectivity index (χ0n) is 11.5. The first-order valence-electron chi connectivity index (χ1n) is 7.06. The number of hydrogen-bond acceptors (Lipinski definition) is 2. The lowest BCUT2D eigenvalue weighted by atomic mass is 10.3. The number of anilines is 1. The monoisotopic (exact) mass is 355 g/mol. The van der Waals surface area contributed by atoms with E-state index >= 15 is 0 Å². The predicted molar refractivity (Wildman–Crippen MR) is 81.1 cm³/mol. The molecule has 112 valence electrons. The van der Waals surface area contributed by atoms with E-state index in [4.69, 9.17) is 0 Å². The number of hydrogen-bond donors (Lipinski definition) is 1. The normalized spacial score (nSPS) is 15.6. The summed E-state index contributed by atoms with van der Waals surface area (Å²) in [6.07, 6.45) is 6.80. The maximum Gasteiger partial charge on any atom is 0.147 e. The summed E-state index contributed by atoms with van der Waals surface area (Å²) >= 11 is 2.96. The van der Waals surface area contributed by atoms with Crippen LogP contribution in [-0.2, 0) is 6.54 Å². The minimum atomic E-state index is -0.490. The summed E-state index contributed by atoms with van der Waals surface area (Å²) < 4.78 is 29.2. The van der Waals surface area contributed by atoms with Crippen LogP contribution in [0.2, 0.25) is 0 Å². The van der Waals surface area contributed by atoms with Crippen molar-refractivity contribution >= 4 is 21.6 Å². The average molecular weight is 356 g/mol. The molecule has 1 N–H and O–H groups in total. The molecule has 1 heterocycles. The quantitative estimate of drug-likeness (QED) is 0.808. The Morgan fingerprint density at radius 2 is 2.00 bits per heavy atom. The highest BCUT2D eigenvalue weighted by Crippen LogP contribution is 2.29. The van der Waals surface area contributed by atoms with Crippen molar-refractivity contribution in [1.29, 1.82) is 0 Å². The van der Waals surface area contributed by atoms with E-state index in [1.54, 1.807) is 0 Å². The van der Waals surface area contributed by atoms with Gasteiger partial charge in [0.15, 0.2) is 0 Å². The molecule has 0 aliphatic heterocycles. The Balaban J connectivity index is 1.66. The molecule has 21 heavy (non-hydrogen) atoms. The molecule has 3 nitrogen and oxygen atoms in total. The third-order valence-electron chi connectivity index (χ3n) is 3.83. The molecule has 2 aromatic rings. The molecule has 0 spiro atoms. The van der Waals surface area contributed by atoms with Gasteiger partial charge >= 0.3 is 0 Å². The molecule has 1 aliphatic rings. The second-order valence-electron chi connectivity index (χ2n) is 5.33. The van der Waals surface area contributed by atoms with Gasteiger partial charge in [0.05, 0.1) is 28.4 Å². The van der Waals surface area contributed by atoms with Gasteiger partial charge in [0, 0.05) is 12.3 Å². The van der Waals surface area contributed by atoms with Crippen LogP contribution in [0.15, 0.2) is 28.9 Å². The van der Waals surface area contributed by atoms with Gasteiger partial charge in [-0.25, -0.2) is 8.78 Å². The Labute approximate surface area is 130 Å². The summed E-state index contributed by atoms with van der Waals surface area (Å²) in [4.78, 5) is 0. The minimum absolute atomic E-state index is 0.121. The van der Waals surface area contributed by atoms with Crippen LogP contribution < -0.4 is 5.32 Å². The fourth-order valence-electron chi connectivity index (χ4n) is 2.69. The average Bonchev–Trinajstić information content (AvgIpc) is 3.11. The molecule has 0 amide bonds. The molecule has 3 rings (SSSR count). The Kier molecular flexibility index (Phi) is 4.24. The number of benzene rings is 1. The summed E-state index contributed by atoms with van der Waals surface area (Å²) in [5.74, 6) is -0.978. The Hall–Kier alpha value is -1.43. The molecule has 6 heteroatoms. The molecule has 0 saturated heterocycles. The Morgan fingerprint density at radius 1 is 1.24 bits per heavy atom. The second-order valence-corrected chi connectivity index (χ2v) is 6.18. The fourth-order valence-corrected chi connectivity index (χ4v) is 3.00. The summed E-state index contributed by atoms with van der Waals surface area (Å²) in [6, 6.07) is 4.67. The number of nitrogens with zero attached hydrogens (tertiary/aromatic N) is 2. The molecule has 0 unspecified atom stereocenters. The Bertz CT molecular complexity index is 636. The van der Waals surface area contributed by atoms with E-state index in [0.29, 0.717) is 12.6 Å². The van der Waals surface area contributed by atoms with Crippen LogP contribution in [0, 0.1) is 11.6 Å². The van der Waals surface area contributed by atoms with Crippen LogP contribution in [0.4, 0.5) is 14.5 Å². The van der Waals surface area contributed by atoms with Gasteiger partial charge in [0.25, 0.3) is 0 Å². The third kappa shape index (κ3) is 3.26. The fraction of sp³-hybridized carbons (Fsp3) is 0.400. The first-order chi connectivity index (χ1) is 10.1. The highest BCUT2D eigenvalue weighted by atomic mass is 79.9. The topological polar surface area (TPSA) is 29.9 Å². The van der Waals surface area contributed by atoms with E-state index in [1.165, 1.54) is 25.7 Å². The summed E-state index contributed by atoms with van der Waals surface area (Å²) in [5.41, 5.74) is 0.968. The first-order valence-corrected chi connectivity index (χ1v) is 7.85. The highest BCUT2D eigenvalue weighted by molar-refractivity contribution is 9.10. The molecule has 1 aliphatic carbocycles. The minimum Gasteiger partial charge on any atom is -0.377 e. The molecule has 1 saturated carbocycles. The van der Waals surface area contributed by atoms with Crippen molar-refractivity contribution in [2.24, 2.45) is 0 Å². The molecule has 1 aromatic carbocycles. The van der Waals surface area contributed by atoms with Gasteiger partial charge < -0.3 is 5.32 Å². The number of rotatable bonds is 4. The molecule has 0 bridgehead atoms. The van der Waals surface area contributed by atoms with Crippen molar-refractivity contribution in [1.82, 2.24) is 9.78 Å². The smallest absolute Gasteiger partial charge is 0.147 e. The van der Waals surface area contributed by atoms with Gasteiger partial charge in [0.2, 0.25) is 0 Å². The zero-order chi connectivity index (χ0) is 14.8. The van der Waals surface area contributed by atoms with E-state index in [-0.39, 0.29) is 10.2 Å². The lowest BCUT2D eigenvalue weighted by molar-refractivity contribution is 0.463. The highest BCUT2D eigenvalue weighted by Gasteiger charge is 2.17. The Morgan fingerprint density at radius 3 is 2.76 bits per heavy atom. The first kappa shape index (κ1) is 14.5. The lowest BCUT2D eigenvalue weighted by Gasteiger charge is -2.09. The van der Waals surface area contributed by atoms with Crippen LogP contribution in [0.1, 0.15) is 37.4 Å². The number of aromatic nitrogens is 2. The molecule has 0 radical (unpaired) electrons. The third-order valence-corrected chi connectivity index (χ3v) is 4.44. The van der Waals surface area contributed by atoms with E-state index in [0.717, 1.165) is 17.8 Å². The van der Waals surface area contributed by atoms with Crippen LogP contribution in [0.3, 0.4) is 0 Å². The maximum absolute atomic E-state index is 13.7.